The molecule has 0 amide bonds. The van der Waals surface area contributed by atoms with Crippen molar-refractivity contribution in [3.63, 3.8) is 0 Å². The van der Waals surface area contributed by atoms with Gasteiger partial charge in [-0.1, -0.05) is 6.07 Å². The summed E-state index contributed by atoms with van der Waals surface area (Å²) in [5.41, 5.74) is 6.26. The highest BCUT2D eigenvalue weighted by Crippen LogP contribution is 2.52. The van der Waals surface area contributed by atoms with Gasteiger partial charge in [0, 0.05) is 16.8 Å². The zero-order valence-corrected chi connectivity index (χ0v) is 8.46. The molecule has 2 aliphatic rings. The lowest BCUT2D eigenvalue weighted by atomic mass is 9.84. The van der Waals surface area contributed by atoms with E-state index in [1.54, 1.807) is 0 Å². The van der Waals surface area contributed by atoms with Crippen LogP contribution < -0.4 is 5.73 Å². The minimum absolute atomic E-state index is 0.456. The molecule has 2 saturated carbocycles. The van der Waals surface area contributed by atoms with Gasteiger partial charge in [0.1, 0.15) is 0 Å². The molecule has 0 unspecified atom stereocenters. The van der Waals surface area contributed by atoms with Crippen molar-refractivity contribution in [2.75, 3.05) is 0 Å². The quantitative estimate of drug-likeness (QED) is 0.729. The molecule has 0 aromatic carbocycles. The number of fused-ring (bicyclic) bond motifs is 2. The topological polar surface area (TPSA) is 26.0 Å². The Morgan fingerprint density at radius 1 is 1.31 bits per heavy atom. The summed E-state index contributed by atoms with van der Waals surface area (Å²) in [5.74, 6) is 2.43. The fourth-order valence-corrected chi connectivity index (χ4v) is 4.22. The number of hydrogen-bond donors (Lipinski definition) is 1. The Morgan fingerprint density at radius 3 is 2.77 bits per heavy atom. The summed E-state index contributed by atoms with van der Waals surface area (Å²) < 4.78 is 0. The van der Waals surface area contributed by atoms with E-state index in [1.807, 2.05) is 11.3 Å². The molecule has 0 radical (unpaired) electrons. The van der Waals surface area contributed by atoms with E-state index in [-0.39, 0.29) is 0 Å². The Labute approximate surface area is 83.0 Å². The highest BCUT2D eigenvalue weighted by Gasteiger charge is 2.46. The molecule has 3 rings (SSSR count). The summed E-state index contributed by atoms with van der Waals surface area (Å²) in [4.78, 5) is 1.53. The smallest absolute Gasteiger partial charge is 0.0147 e. The van der Waals surface area contributed by atoms with E-state index in [0.717, 1.165) is 11.8 Å². The number of hydrogen-bond acceptors (Lipinski definition) is 2. The van der Waals surface area contributed by atoms with Crippen LogP contribution in [0.4, 0.5) is 0 Å². The lowest BCUT2D eigenvalue weighted by Crippen LogP contribution is -2.33. The molecule has 13 heavy (non-hydrogen) atoms. The van der Waals surface area contributed by atoms with Crippen molar-refractivity contribution in [2.45, 2.75) is 31.2 Å². The normalized spacial score (nSPS) is 42.8. The molecular weight excluding hydrogens is 178 g/mol. The third kappa shape index (κ3) is 1.09. The van der Waals surface area contributed by atoms with Crippen LogP contribution in [-0.2, 0) is 0 Å². The van der Waals surface area contributed by atoms with Gasteiger partial charge in [-0.05, 0) is 42.5 Å². The maximum Gasteiger partial charge on any atom is 0.0147 e. The maximum atomic E-state index is 6.26. The first-order chi connectivity index (χ1) is 6.36. The molecule has 70 valence electrons. The fraction of sp³-hybridized carbons (Fsp3) is 0.636. The van der Waals surface area contributed by atoms with Crippen molar-refractivity contribution in [2.24, 2.45) is 17.6 Å². The molecule has 2 aliphatic carbocycles. The molecule has 1 heterocycles. The number of rotatable bonds is 1. The van der Waals surface area contributed by atoms with E-state index in [4.69, 9.17) is 5.73 Å². The fourth-order valence-electron chi connectivity index (χ4n) is 3.24. The molecular formula is C11H15NS. The van der Waals surface area contributed by atoms with Crippen LogP contribution in [0, 0.1) is 11.8 Å². The van der Waals surface area contributed by atoms with Crippen molar-refractivity contribution in [1.82, 2.24) is 0 Å². The van der Waals surface area contributed by atoms with Gasteiger partial charge in [0.25, 0.3) is 0 Å². The van der Waals surface area contributed by atoms with Gasteiger partial charge >= 0.3 is 0 Å². The zero-order chi connectivity index (χ0) is 8.84. The van der Waals surface area contributed by atoms with Crippen LogP contribution in [0.3, 0.4) is 0 Å². The molecule has 0 saturated heterocycles. The molecule has 0 spiro atoms. The van der Waals surface area contributed by atoms with E-state index in [0.29, 0.717) is 12.0 Å². The molecule has 2 fully saturated rings. The summed E-state index contributed by atoms with van der Waals surface area (Å²) in [5, 5.41) is 2.17. The van der Waals surface area contributed by atoms with E-state index in [9.17, 15) is 0 Å². The largest absolute Gasteiger partial charge is 0.327 e. The zero-order valence-electron chi connectivity index (χ0n) is 7.65. The predicted octanol–water partition coefficient (Wildman–Crippen LogP) is 2.59. The molecule has 2 bridgehead atoms. The molecule has 1 aromatic heterocycles. The Kier molecular flexibility index (Phi) is 1.74. The lowest BCUT2D eigenvalue weighted by molar-refractivity contribution is 0.370. The van der Waals surface area contributed by atoms with Crippen molar-refractivity contribution in [1.29, 1.82) is 0 Å². The van der Waals surface area contributed by atoms with Crippen molar-refractivity contribution in [3.8, 4) is 0 Å². The highest BCUT2D eigenvalue weighted by molar-refractivity contribution is 7.10. The van der Waals surface area contributed by atoms with Gasteiger partial charge in [-0.25, -0.2) is 0 Å². The Morgan fingerprint density at radius 2 is 2.15 bits per heavy atom. The van der Waals surface area contributed by atoms with E-state index < -0.39 is 0 Å². The van der Waals surface area contributed by atoms with Crippen molar-refractivity contribution >= 4 is 11.3 Å². The van der Waals surface area contributed by atoms with Crippen LogP contribution in [0.2, 0.25) is 0 Å². The van der Waals surface area contributed by atoms with Crippen LogP contribution in [-0.4, -0.2) is 6.04 Å². The second-order valence-electron chi connectivity index (χ2n) is 4.45. The molecule has 0 aliphatic heterocycles. The highest BCUT2D eigenvalue weighted by atomic mass is 32.1. The summed E-state index contributed by atoms with van der Waals surface area (Å²) in [6.07, 6.45) is 4.19. The van der Waals surface area contributed by atoms with Gasteiger partial charge < -0.3 is 5.73 Å². The Hall–Kier alpha value is -0.340. The molecule has 2 heteroatoms. The first kappa shape index (κ1) is 8.01. The summed E-state index contributed by atoms with van der Waals surface area (Å²) >= 11 is 1.88. The van der Waals surface area contributed by atoms with Crippen molar-refractivity contribution in [3.05, 3.63) is 22.4 Å². The SMILES string of the molecule is N[C@H]1[C@H]2CC[C@H](C2)[C@@H]1c1cccs1. The third-order valence-corrected chi connectivity index (χ3v) is 4.83. The van der Waals surface area contributed by atoms with E-state index in [2.05, 4.69) is 17.5 Å². The first-order valence-corrected chi connectivity index (χ1v) is 6.03. The Balaban J connectivity index is 1.93. The summed E-state index contributed by atoms with van der Waals surface area (Å²) in [7, 11) is 0. The minimum Gasteiger partial charge on any atom is -0.327 e. The molecule has 4 atom stereocenters. The number of nitrogens with two attached hydrogens (primary N) is 1. The van der Waals surface area contributed by atoms with Crippen LogP contribution in [0.25, 0.3) is 0 Å². The standard InChI is InChI=1S/C11H15NS/c12-11-8-4-3-7(6-8)10(11)9-2-1-5-13-9/h1-2,5,7-8,10-11H,3-4,6,12H2/t7-,8+,10-,11+/m1/s1. The average Bonchev–Trinajstić information content (AvgIpc) is 2.76. The third-order valence-electron chi connectivity index (χ3n) is 3.85. The van der Waals surface area contributed by atoms with Crippen LogP contribution >= 0.6 is 11.3 Å². The molecule has 2 N–H and O–H groups in total. The summed E-state index contributed by atoms with van der Waals surface area (Å²) in [6.45, 7) is 0. The van der Waals surface area contributed by atoms with Gasteiger partial charge in [0.15, 0.2) is 0 Å². The van der Waals surface area contributed by atoms with E-state index in [1.165, 1.54) is 24.1 Å². The van der Waals surface area contributed by atoms with Gasteiger partial charge in [-0.3, -0.25) is 0 Å². The van der Waals surface area contributed by atoms with Crippen molar-refractivity contribution < 1.29 is 0 Å². The molecule has 1 nitrogen and oxygen atoms in total. The van der Waals surface area contributed by atoms with Crippen LogP contribution in [0.5, 0.6) is 0 Å². The first-order valence-electron chi connectivity index (χ1n) is 5.15. The number of thiophene rings is 1. The van der Waals surface area contributed by atoms with Gasteiger partial charge in [0.05, 0.1) is 0 Å². The van der Waals surface area contributed by atoms with Crippen LogP contribution in [0.1, 0.15) is 30.1 Å². The minimum atomic E-state index is 0.456. The van der Waals surface area contributed by atoms with E-state index >= 15 is 0 Å². The Bertz CT molecular complexity index is 291. The summed E-state index contributed by atoms with van der Waals surface area (Å²) in [6, 6.07) is 4.87. The monoisotopic (exact) mass is 193 g/mol. The van der Waals surface area contributed by atoms with Gasteiger partial charge in [0.2, 0.25) is 0 Å². The van der Waals surface area contributed by atoms with Gasteiger partial charge in [-0.2, -0.15) is 0 Å². The second-order valence-corrected chi connectivity index (χ2v) is 5.43. The van der Waals surface area contributed by atoms with Gasteiger partial charge in [-0.15, -0.1) is 11.3 Å². The molecule has 1 aromatic rings. The van der Waals surface area contributed by atoms with Crippen LogP contribution in [0.15, 0.2) is 17.5 Å². The average molecular weight is 193 g/mol. The lowest BCUT2D eigenvalue weighted by Gasteiger charge is -2.27. The second kappa shape index (κ2) is 2.82. The predicted molar refractivity (Wildman–Crippen MR) is 55.9 cm³/mol. The maximum absolute atomic E-state index is 6.26.